The first-order valence-electron chi connectivity index (χ1n) is 10.4. The Morgan fingerprint density at radius 1 is 1.03 bits per heavy atom. The molecule has 0 saturated heterocycles. The number of aromatic nitrogens is 5. The molecule has 3 aromatic heterocycles. The summed E-state index contributed by atoms with van der Waals surface area (Å²) in [6, 6.07) is 11.3. The van der Waals surface area contributed by atoms with Crippen molar-refractivity contribution >= 4 is 27.4 Å². The lowest BCUT2D eigenvalue weighted by Crippen LogP contribution is -2.30. The summed E-state index contributed by atoms with van der Waals surface area (Å²) in [6.07, 6.45) is 2.53. The number of thioether (sulfide) groups is 1. The van der Waals surface area contributed by atoms with E-state index in [-0.39, 0.29) is 4.90 Å². The van der Waals surface area contributed by atoms with Crippen LogP contribution in [0.25, 0.3) is 17.0 Å². The van der Waals surface area contributed by atoms with Gasteiger partial charge in [0, 0.05) is 24.8 Å². The highest BCUT2D eigenvalue weighted by Gasteiger charge is 2.23. The zero-order chi connectivity index (χ0) is 22.7. The third kappa shape index (κ3) is 4.41. The third-order valence-electron chi connectivity index (χ3n) is 5.10. The van der Waals surface area contributed by atoms with Crippen LogP contribution in [-0.2, 0) is 22.2 Å². The average Bonchev–Trinajstić information content (AvgIpc) is 3.45. The molecule has 11 heteroatoms. The Bertz CT molecular complexity index is 1310. The van der Waals surface area contributed by atoms with Gasteiger partial charge in [-0.3, -0.25) is 4.40 Å². The number of hydrogen-bond acceptors (Lipinski definition) is 8. The van der Waals surface area contributed by atoms with Crippen molar-refractivity contribution in [3.8, 4) is 11.4 Å². The van der Waals surface area contributed by atoms with Crippen molar-refractivity contribution in [2.75, 3.05) is 13.1 Å². The molecule has 0 unspecified atom stereocenters. The standard InChI is InChI=1S/C21H24N6O3S2/c1-4-15-7-9-16(10-8-15)20-22-19(30-25-20)14-31-21-24-23-18-12-11-17(13-27(18)21)32(28,29)26(5-2)6-3/h7-13H,4-6,14H2,1-3H3. The summed E-state index contributed by atoms with van der Waals surface area (Å²) in [5.41, 5.74) is 2.70. The maximum absolute atomic E-state index is 12.9. The summed E-state index contributed by atoms with van der Waals surface area (Å²) in [6.45, 7) is 6.55. The Balaban J connectivity index is 1.53. The molecule has 0 aliphatic rings. The molecule has 0 radical (unpaired) electrons. The molecule has 0 fully saturated rings. The minimum absolute atomic E-state index is 0.200. The van der Waals surface area contributed by atoms with Gasteiger partial charge in [0.2, 0.25) is 21.7 Å². The summed E-state index contributed by atoms with van der Waals surface area (Å²) >= 11 is 1.35. The lowest BCUT2D eigenvalue weighted by molar-refractivity contribution is 0.391. The molecule has 9 nitrogen and oxygen atoms in total. The zero-order valence-corrected chi connectivity index (χ0v) is 19.7. The monoisotopic (exact) mass is 472 g/mol. The van der Waals surface area contributed by atoms with Crippen LogP contribution in [0.15, 0.2) is 57.2 Å². The van der Waals surface area contributed by atoms with Crippen molar-refractivity contribution in [1.29, 1.82) is 0 Å². The van der Waals surface area contributed by atoms with Gasteiger partial charge in [-0.1, -0.05) is 62.0 Å². The molecule has 0 aliphatic carbocycles. The molecule has 0 aliphatic heterocycles. The quantitative estimate of drug-likeness (QED) is 0.340. The molecule has 0 atom stereocenters. The van der Waals surface area contributed by atoms with Crippen molar-refractivity contribution in [1.82, 2.24) is 29.0 Å². The van der Waals surface area contributed by atoms with Gasteiger partial charge >= 0.3 is 0 Å². The van der Waals surface area contributed by atoms with E-state index in [1.54, 1.807) is 22.7 Å². The molecule has 0 saturated carbocycles. The van der Waals surface area contributed by atoms with Crippen LogP contribution in [0.4, 0.5) is 0 Å². The van der Waals surface area contributed by atoms with Crippen LogP contribution in [0.1, 0.15) is 32.2 Å². The van der Waals surface area contributed by atoms with E-state index in [9.17, 15) is 8.42 Å². The summed E-state index contributed by atoms with van der Waals surface area (Å²) in [4.78, 5) is 4.66. The normalized spacial score (nSPS) is 12.1. The number of sulfonamides is 1. The Labute approximate surface area is 190 Å². The van der Waals surface area contributed by atoms with Gasteiger partial charge in [0.15, 0.2) is 10.8 Å². The molecule has 0 N–H and O–H groups in total. The van der Waals surface area contributed by atoms with Gasteiger partial charge in [0.05, 0.1) is 10.6 Å². The van der Waals surface area contributed by atoms with E-state index in [1.807, 2.05) is 38.1 Å². The molecule has 1 aromatic carbocycles. The first kappa shape index (κ1) is 22.4. The molecule has 0 amide bonds. The Kier molecular flexibility index (Phi) is 6.58. The van der Waals surface area contributed by atoms with Crippen molar-refractivity contribution < 1.29 is 12.9 Å². The van der Waals surface area contributed by atoms with Crippen molar-refractivity contribution in [2.24, 2.45) is 0 Å². The van der Waals surface area contributed by atoms with Gasteiger partial charge in [0.1, 0.15) is 0 Å². The van der Waals surface area contributed by atoms with Crippen molar-refractivity contribution in [2.45, 2.75) is 43.0 Å². The molecule has 0 bridgehead atoms. The van der Waals surface area contributed by atoms with Gasteiger partial charge in [-0.2, -0.15) is 9.29 Å². The number of nitrogens with zero attached hydrogens (tertiary/aromatic N) is 6. The van der Waals surface area contributed by atoms with Crippen molar-refractivity contribution in [3.05, 3.63) is 54.0 Å². The van der Waals surface area contributed by atoms with E-state index in [0.717, 1.165) is 12.0 Å². The van der Waals surface area contributed by atoms with E-state index < -0.39 is 10.0 Å². The van der Waals surface area contributed by atoms with Gasteiger partial charge in [-0.15, -0.1) is 10.2 Å². The topological polar surface area (TPSA) is 106 Å². The molecular weight excluding hydrogens is 448 g/mol. The fraction of sp³-hybridized carbons (Fsp3) is 0.333. The Hall–Kier alpha value is -2.76. The first-order chi connectivity index (χ1) is 15.5. The Morgan fingerprint density at radius 3 is 2.47 bits per heavy atom. The van der Waals surface area contributed by atoms with Crippen LogP contribution in [0.2, 0.25) is 0 Å². The average molecular weight is 473 g/mol. The second-order valence-electron chi connectivity index (χ2n) is 7.02. The maximum Gasteiger partial charge on any atom is 0.244 e. The van der Waals surface area contributed by atoms with Gasteiger partial charge in [-0.05, 0) is 24.1 Å². The lowest BCUT2D eigenvalue weighted by atomic mass is 10.1. The second-order valence-corrected chi connectivity index (χ2v) is 9.90. The predicted octanol–water partition coefficient (Wildman–Crippen LogP) is 3.66. The fourth-order valence-electron chi connectivity index (χ4n) is 3.26. The molecule has 32 heavy (non-hydrogen) atoms. The summed E-state index contributed by atoms with van der Waals surface area (Å²) in [5.74, 6) is 1.36. The number of aryl methyl sites for hydroxylation is 1. The lowest BCUT2D eigenvalue weighted by Gasteiger charge is -2.18. The van der Waals surface area contributed by atoms with E-state index in [1.165, 1.54) is 21.6 Å². The largest absolute Gasteiger partial charge is 0.338 e. The summed E-state index contributed by atoms with van der Waals surface area (Å²) in [7, 11) is -3.58. The minimum atomic E-state index is -3.58. The van der Waals surface area contributed by atoms with Gasteiger partial charge < -0.3 is 4.52 Å². The Morgan fingerprint density at radius 2 is 1.78 bits per heavy atom. The van der Waals surface area contributed by atoms with E-state index in [0.29, 0.717) is 41.4 Å². The van der Waals surface area contributed by atoms with Crippen LogP contribution in [0, 0.1) is 0 Å². The van der Waals surface area contributed by atoms with Crippen LogP contribution in [0.5, 0.6) is 0 Å². The minimum Gasteiger partial charge on any atom is -0.338 e. The molecule has 4 aromatic rings. The van der Waals surface area contributed by atoms with Crippen LogP contribution < -0.4 is 0 Å². The van der Waals surface area contributed by atoms with E-state index in [4.69, 9.17) is 4.52 Å². The highest BCUT2D eigenvalue weighted by Crippen LogP contribution is 2.25. The second kappa shape index (κ2) is 9.39. The first-order valence-corrected chi connectivity index (χ1v) is 12.8. The number of fused-ring (bicyclic) bond motifs is 1. The molecule has 3 heterocycles. The smallest absolute Gasteiger partial charge is 0.244 e. The molecule has 4 rings (SSSR count). The van der Waals surface area contributed by atoms with Crippen LogP contribution in [0.3, 0.4) is 0 Å². The molecular formula is C21H24N6O3S2. The number of pyridine rings is 1. The third-order valence-corrected chi connectivity index (χ3v) is 8.06. The van der Waals surface area contributed by atoms with Crippen LogP contribution in [-0.4, -0.2) is 50.6 Å². The highest BCUT2D eigenvalue weighted by atomic mass is 32.2. The SMILES string of the molecule is CCc1ccc(-c2noc(CSc3nnc4ccc(S(=O)(=O)N(CC)CC)cn34)n2)cc1. The number of rotatable bonds is 9. The number of benzene rings is 1. The number of hydrogen-bond donors (Lipinski definition) is 0. The summed E-state index contributed by atoms with van der Waals surface area (Å²) < 4.78 is 34.2. The van der Waals surface area contributed by atoms with Crippen molar-refractivity contribution in [3.63, 3.8) is 0 Å². The molecule has 0 spiro atoms. The highest BCUT2D eigenvalue weighted by molar-refractivity contribution is 7.98. The summed E-state index contributed by atoms with van der Waals surface area (Å²) in [5, 5.41) is 12.9. The van der Waals surface area contributed by atoms with E-state index >= 15 is 0 Å². The maximum atomic E-state index is 12.9. The van der Waals surface area contributed by atoms with Gasteiger partial charge in [0.25, 0.3) is 0 Å². The predicted molar refractivity (Wildman–Crippen MR) is 122 cm³/mol. The zero-order valence-electron chi connectivity index (χ0n) is 18.1. The van der Waals surface area contributed by atoms with Gasteiger partial charge in [-0.25, -0.2) is 8.42 Å². The van der Waals surface area contributed by atoms with Crippen LogP contribution >= 0.6 is 11.8 Å². The fourth-order valence-corrected chi connectivity index (χ4v) is 5.47. The molecule has 168 valence electrons. The van der Waals surface area contributed by atoms with E-state index in [2.05, 4.69) is 27.3 Å².